The van der Waals surface area contributed by atoms with Gasteiger partial charge in [0, 0.05) is 11.1 Å². The van der Waals surface area contributed by atoms with Crippen molar-refractivity contribution in [3.05, 3.63) is 69.2 Å². The minimum absolute atomic E-state index is 0.330. The highest BCUT2D eigenvalue weighted by Gasteiger charge is 2.15. The van der Waals surface area contributed by atoms with E-state index in [0.29, 0.717) is 6.04 Å². The number of nitrogens with one attached hydrogen (secondary N) is 1. The third-order valence-corrected chi connectivity index (χ3v) is 4.04. The van der Waals surface area contributed by atoms with Crippen LogP contribution in [-0.2, 0) is 6.42 Å². The average Bonchev–Trinajstić information content (AvgIpc) is 2.38. The van der Waals surface area contributed by atoms with Crippen molar-refractivity contribution in [2.24, 2.45) is 0 Å². The van der Waals surface area contributed by atoms with Crippen molar-refractivity contribution in [3.63, 3.8) is 0 Å². The van der Waals surface area contributed by atoms with Gasteiger partial charge in [0.05, 0.1) is 0 Å². The number of hydrogen-bond donors (Lipinski definition) is 1. The normalized spacial score (nSPS) is 12.4. The molecular formula is C18H22ClN. The largest absolute Gasteiger partial charge is 0.313 e. The number of rotatable bonds is 4. The lowest BCUT2D eigenvalue weighted by Gasteiger charge is -2.22. The molecule has 0 heterocycles. The first-order valence-corrected chi connectivity index (χ1v) is 7.38. The first kappa shape index (κ1) is 15.1. The third-order valence-electron chi connectivity index (χ3n) is 3.79. The number of halogens is 1. The second kappa shape index (κ2) is 6.43. The lowest BCUT2D eigenvalue weighted by molar-refractivity contribution is 0.585. The summed E-state index contributed by atoms with van der Waals surface area (Å²) in [5.41, 5.74) is 6.75. The fraction of sp³-hybridized carbons (Fsp3) is 0.333. The van der Waals surface area contributed by atoms with Gasteiger partial charge in [-0.25, -0.2) is 0 Å². The van der Waals surface area contributed by atoms with Gasteiger partial charge in [-0.15, -0.1) is 0 Å². The van der Waals surface area contributed by atoms with Gasteiger partial charge in [-0.05, 0) is 68.6 Å². The van der Waals surface area contributed by atoms with Crippen molar-refractivity contribution in [2.45, 2.75) is 33.2 Å². The molecule has 106 valence electrons. The Morgan fingerprint density at radius 3 is 2.05 bits per heavy atom. The molecule has 2 aromatic carbocycles. The summed E-state index contributed by atoms with van der Waals surface area (Å²) in [7, 11) is 2.03. The minimum atomic E-state index is 0.330. The number of likely N-dealkylation sites (N-methyl/N-ethyl adjacent to an activating group) is 1. The fourth-order valence-electron chi connectivity index (χ4n) is 2.95. The summed E-state index contributed by atoms with van der Waals surface area (Å²) in [6.45, 7) is 6.54. The van der Waals surface area contributed by atoms with Crippen molar-refractivity contribution in [2.75, 3.05) is 7.05 Å². The molecule has 1 atom stereocenters. The lowest BCUT2D eigenvalue weighted by Crippen LogP contribution is -2.21. The molecule has 0 radical (unpaired) electrons. The molecule has 2 rings (SSSR count). The van der Waals surface area contributed by atoms with Gasteiger partial charge in [0.25, 0.3) is 0 Å². The van der Waals surface area contributed by atoms with Gasteiger partial charge >= 0.3 is 0 Å². The second-order valence-corrected chi connectivity index (χ2v) is 5.92. The van der Waals surface area contributed by atoms with E-state index in [1.807, 2.05) is 19.2 Å². The number of aryl methyl sites for hydroxylation is 3. The summed E-state index contributed by atoms with van der Waals surface area (Å²) >= 11 is 5.95. The van der Waals surface area contributed by atoms with Crippen LogP contribution in [0.5, 0.6) is 0 Å². The maximum absolute atomic E-state index is 5.95. The molecule has 0 aromatic heterocycles. The standard InChI is InChI=1S/C18H22ClN/c1-12-9-13(2)18(14(3)10-12)17(20-4)11-15-5-7-16(19)8-6-15/h5-10,17,20H,11H2,1-4H3. The van der Waals surface area contributed by atoms with Crippen molar-refractivity contribution in [3.8, 4) is 0 Å². The predicted molar refractivity (Wildman–Crippen MR) is 87.6 cm³/mol. The Kier molecular flexibility index (Phi) is 4.85. The summed E-state index contributed by atoms with van der Waals surface area (Å²) in [4.78, 5) is 0. The van der Waals surface area contributed by atoms with E-state index in [-0.39, 0.29) is 0 Å². The van der Waals surface area contributed by atoms with E-state index in [4.69, 9.17) is 11.6 Å². The summed E-state index contributed by atoms with van der Waals surface area (Å²) in [6, 6.07) is 13.0. The molecule has 2 aromatic rings. The van der Waals surface area contributed by atoms with Gasteiger partial charge in [0.1, 0.15) is 0 Å². The predicted octanol–water partition coefficient (Wildman–Crippen LogP) is 4.77. The van der Waals surface area contributed by atoms with Crippen molar-refractivity contribution >= 4 is 11.6 Å². The molecule has 1 nitrogen and oxygen atoms in total. The minimum Gasteiger partial charge on any atom is -0.313 e. The smallest absolute Gasteiger partial charge is 0.0406 e. The van der Waals surface area contributed by atoms with E-state index in [0.717, 1.165) is 11.4 Å². The van der Waals surface area contributed by atoms with Gasteiger partial charge in [-0.3, -0.25) is 0 Å². The van der Waals surface area contributed by atoms with Crippen LogP contribution in [0.2, 0.25) is 5.02 Å². The van der Waals surface area contributed by atoms with Crippen LogP contribution in [0.25, 0.3) is 0 Å². The molecular weight excluding hydrogens is 266 g/mol. The first-order valence-electron chi connectivity index (χ1n) is 7.00. The van der Waals surface area contributed by atoms with Crippen LogP contribution < -0.4 is 5.32 Å². The van der Waals surface area contributed by atoms with E-state index >= 15 is 0 Å². The Morgan fingerprint density at radius 2 is 1.55 bits per heavy atom. The topological polar surface area (TPSA) is 12.0 Å². The van der Waals surface area contributed by atoms with Crippen LogP contribution in [0.1, 0.15) is 33.9 Å². The molecule has 0 saturated carbocycles. The molecule has 0 fully saturated rings. The van der Waals surface area contributed by atoms with E-state index < -0.39 is 0 Å². The van der Waals surface area contributed by atoms with E-state index in [2.05, 4.69) is 50.4 Å². The highest BCUT2D eigenvalue weighted by molar-refractivity contribution is 6.30. The van der Waals surface area contributed by atoms with E-state index in [1.54, 1.807) is 0 Å². The first-order chi connectivity index (χ1) is 9.51. The fourth-order valence-corrected chi connectivity index (χ4v) is 3.07. The van der Waals surface area contributed by atoms with Crippen LogP contribution in [0.15, 0.2) is 36.4 Å². The zero-order valence-electron chi connectivity index (χ0n) is 12.6. The number of hydrogen-bond acceptors (Lipinski definition) is 1. The highest BCUT2D eigenvalue weighted by atomic mass is 35.5. The maximum atomic E-state index is 5.95. The van der Waals surface area contributed by atoms with Gasteiger partial charge in [-0.2, -0.15) is 0 Å². The van der Waals surface area contributed by atoms with E-state index in [1.165, 1.54) is 27.8 Å². The SMILES string of the molecule is CNC(Cc1ccc(Cl)cc1)c1c(C)cc(C)cc1C. The summed E-state index contributed by atoms with van der Waals surface area (Å²) in [5.74, 6) is 0. The molecule has 0 saturated heterocycles. The van der Waals surface area contributed by atoms with Crippen LogP contribution in [0.3, 0.4) is 0 Å². The van der Waals surface area contributed by atoms with Crippen molar-refractivity contribution in [1.82, 2.24) is 5.32 Å². The molecule has 0 aliphatic heterocycles. The van der Waals surface area contributed by atoms with Crippen LogP contribution >= 0.6 is 11.6 Å². The molecule has 0 aliphatic rings. The monoisotopic (exact) mass is 287 g/mol. The van der Waals surface area contributed by atoms with Crippen molar-refractivity contribution < 1.29 is 0 Å². The highest BCUT2D eigenvalue weighted by Crippen LogP contribution is 2.26. The molecule has 0 aliphatic carbocycles. The zero-order valence-corrected chi connectivity index (χ0v) is 13.4. The quantitative estimate of drug-likeness (QED) is 0.854. The van der Waals surface area contributed by atoms with Gasteiger partial charge in [0.2, 0.25) is 0 Å². The summed E-state index contributed by atoms with van der Waals surface area (Å²) in [5, 5.41) is 4.24. The summed E-state index contributed by atoms with van der Waals surface area (Å²) in [6.07, 6.45) is 0.971. The van der Waals surface area contributed by atoms with Gasteiger partial charge in [-0.1, -0.05) is 41.4 Å². The second-order valence-electron chi connectivity index (χ2n) is 5.48. The van der Waals surface area contributed by atoms with Gasteiger partial charge < -0.3 is 5.32 Å². The van der Waals surface area contributed by atoms with Gasteiger partial charge in [0.15, 0.2) is 0 Å². The average molecular weight is 288 g/mol. The van der Waals surface area contributed by atoms with E-state index in [9.17, 15) is 0 Å². The van der Waals surface area contributed by atoms with Crippen molar-refractivity contribution in [1.29, 1.82) is 0 Å². The molecule has 0 bridgehead atoms. The molecule has 0 spiro atoms. The summed E-state index contributed by atoms with van der Waals surface area (Å²) < 4.78 is 0. The Bertz CT molecular complexity index is 564. The zero-order chi connectivity index (χ0) is 14.7. The third kappa shape index (κ3) is 3.41. The Morgan fingerprint density at radius 1 is 1.00 bits per heavy atom. The Labute approximate surface area is 127 Å². The van der Waals surface area contributed by atoms with Crippen LogP contribution in [0.4, 0.5) is 0 Å². The maximum Gasteiger partial charge on any atom is 0.0406 e. The van der Waals surface area contributed by atoms with Crippen LogP contribution in [-0.4, -0.2) is 7.05 Å². The lowest BCUT2D eigenvalue weighted by atomic mass is 9.90. The Hall–Kier alpha value is -1.31. The molecule has 1 N–H and O–H groups in total. The Balaban J connectivity index is 2.31. The molecule has 2 heteroatoms. The molecule has 0 amide bonds. The number of benzene rings is 2. The van der Waals surface area contributed by atoms with Crippen LogP contribution in [0, 0.1) is 20.8 Å². The molecule has 20 heavy (non-hydrogen) atoms. The molecule has 1 unspecified atom stereocenters.